The minimum absolute atomic E-state index is 0.202. The maximum Gasteiger partial charge on any atom is 0.0496 e. The van der Waals surface area contributed by atoms with Crippen LogP contribution < -0.4 is 5.73 Å². The fourth-order valence-corrected chi connectivity index (χ4v) is 3.44. The normalized spacial score (nSPS) is 26.9. The van der Waals surface area contributed by atoms with Gasteiger partial charge in [-0.3, -0.25) is 0 Å². The van der Waals surface area contributed by atoms with E-state index in [1.165, 1.54) is 30.9 Å². The Morgan fingerprint density at radius 3 is 2.69 bits per heavy atom. The van der Waals surface area contributed by atoms with Gasteiger partial charge in [0, 0.05) is 16.5 Å². The van der Waals surface area contributed by atoms with Crippen LogP contribution in [0.5, 0.6) is 0 Å². The van der Waals surface area contributed by atoms with Crippen molar-refractivity contribution in [3.05, 3.63) is 41.9 Å². The molecule has 1 aliphatic rings. The van der Waals surface area contributed by atoms with Gasteiger partial charge in [0.05, 0.1) is 0 Å². The second-order valence-corrected chi connectivity index (χ2v) is 6.22. The van der Waals surface area contributed by atoms with Gasteiger partial charge in [-0.15, -0.1) is 11.8 Å². The summed E-state index contributed by atoms with van der Waals surface area (Å²) in [7, 11) is 0. The average molecular weight is 234 g/mol. The lowest BCUT2D eigenvalue weighted by Crippen LogP contribution is -2.38. The van der Waals surface area contributed by atoms with Gasteiger partial charge in [-0.25, -0.2) is 0 Å². The highest BCUT2D eigenvalue weighted by Gasteiger charge is 2.35. The standard InChI is InChI=1S/C14H20NS/c1-14(10-6-5-9-13(14)15)16-11-12-7-3-2-4-8-12/h2-4,7-8H,5-6,9-11,15H2,1H3. The first kappa shape index (κ1) is 12.0. The molecule has 2 heteroatoms. The van der Waals surface area contributed by atoms with Gasteiger partial charge in [0.1, 0.15) is 0 Å². The van der Waals surface area contributed by atoms with Crippen LogP contribution in [-0.4, -0.2) is 4.75 Å². The molecule has 1 unspecified atom stereocenters. The van der Waals surface area contributed by atoms with Crippen molar-refractivity contribution in [3.8, 4) is 0 Å². The molecule has 0 saturated heterocycles. The minimum atomic E-state index is 0.202. The molecule has 0 aliphatic heterocycles. The zero-order chi connectivity index (χ0) is 11.4. The molecule has 1 aliphatic carbocycles. The summed E-state index contributed by atoms with van der Waals surface area (Å²) in [6.45, 7) is 2.30. The molecule has 1 fully saturated rings. The highest BCUT2D eigenvalue weighted by atomic mass is 32.2. The molecule has 0 amide bonds. The number of hydrogen-bond donors (Lipinski definition) is 1. The molecule has 0 heterocycles. The Kier molecular flexibility index (Phi) is 3.93. The first-order valence-electron chi connectivity index (χ1n) is 6.00. The molecular formula is C14H20NS. The van der Waals surface area contributed by atoms with Crippen molar-refractivity contribution in [1.82, 2.24) is 0 Å². The third-order valence-corrected chi connectivity index (χ3v) is 5.01. The van der Waals surface area contributed by atoms with Crippen molar-refractivity contribution in [2.75, 3.05) is 0 Å². The summed E-state index contributed by atoms with van der Waals surface area (Å²) in [5, 5.41) is 0. The number of benzene rings is 1. The maximum atomic E-state index is 6.17. The lowest BCUT2D eigenvalue weighted by Gasteiger charge is -2.38. The summed E-state index contributed by atoms with van der Waals surface area (Å²) in [4.78, 5) is 0. The molecule has 1 radical (unpaired) electrons. The third-order valence-electron chi connectivity index (χ3n) is 3.43. The summed E-state index contributed by atoms with van der Waals surface area (Å²) in [6, 6.07) is 11.8. The Labute approximate surface area is 103 Å². The summed E-state index contributed by atoms with van der Waals surface area (Å²) >= 11 is 2.00. The van der Waals surface area contributed by atoms with E-state index in [0.717, 1.165) is 12.2 Å². The molecular weight excluding hydrogens is 214 g/mol. The van der Waals surface area contributed by atoms with Crippen molar-refractivity contribution in [1.29, 1.82) is 0 Å². The highest BCUT2D eigenvalue weighted by Crippen LogP contribution is 2.43. The van der Waals surface area contributed by atoms with Crippen LogP contribution in [0.4, 0.5) is 0 Å². The topological polar surface area (TPSA) is 26.0 Å². The molecule has 2 rings (SSSR count). The predicted octanol–water partition coefficient (Wildman–Crippen LogP) is 3.74. The van der Waals surface area contributed by atoms with Crippen LogP contribution in [0.3, 0.4) is 0 Å². The molecule has 87 valence electrons. The first-order chi connectivity index (χ1) is 7.71. The molecule has 2 N–H and O–H groups in total. The van der Waals surface area contributed by atoms with Gasteiger partial charge in [-0.1, -0.05) is 43.2 Å². The summed E-state index contributed by atoms with van der Waals surface area (Å²) in [6.07, 6.45) is 4.93. The lowest BCUT2D eigenvalue weighted by atomic mass is 9.86. The Morgan fingerprint density at radius 1 is 1.25 bits per heavy atom. The van der Waals surface area contributed by atoms with E-state index >= 15 is 0 Å². The van der Waals surface area contributed by atoms with Crippen LogP contribution in [-0.2, 0) is 5.75 Å². The number of nitrogens with two attached hydrogens (primary N) is 1. The van der Waals surface area contributed by atoms with Crippen molar-refractivity contribution in [2.24, 2.45) is 5.73 Å². The van der Waals surface area contributed by atoms with Crippen molar-refractivity contribution >= 4 is 11.8 Å². The van der Waals surface area contributed by atoms with Gasteiger partial charge >= 0.3 is 0 Å². The van der Waals surface area contributed by atoms with Crippen LogP contribution >= 0.6 is 11.8 Å². The first-order valence-corrected chi connectivity index (χ1v) is 6.99. The molecule has 16 heavy (non-hydrogen) atoms. The Morgan fingerprint density at radius 2 is 2.00 bits per heavy atom. The van der Waals surface area contributed by atoms with Gasteiger partial charge in [0.2, 0.25) is 0 Å². The predicted molar refractivity (Wildman–Crippen MR) is 72.0 cm³/mol. The molecule has 0 spiro atoms. The highest BCUT2D eigenvalue weighted by molar-refractivity contribution is 8.00. The van der Waals surface area contributed by atoms with Gasteiger partial charge < -0.3 is 5.73 Å². The molecule has 1 aromatic rings. The van der Waals surface area contributed by atoms with E-state index in [0.29, 0.717) is 0 Å². The van der Waals surface area contributed by atoms with Crippen molar-refractivity contribution < 1.29 is 0 Å². The SMILES string of the molecule is CC1(SCc2ccccc2)CCCC[C]1N. The fraction of sp³-hybridized carbons (Fsp3) is 0.500. The van der Waals surface area contributed by atoms with E-state index in [4.69, 9.17) is 5.73 Å². The quantitative estimate of drug-likeness (QED) is 0.862. The molecule has 1 nitrogen and oxygen atoms in total. The molecule has 1 saturated carbocycles. The van der Waals surface area contributed by atoms with Crippen LogP contribution in [0.25, 0.3) is 0 Å². The number of hydrogen-bond acceptors (Lipinski definition) is 2. The maximum absolute atomic E-state index is 6.17. The number of rotatable bonds is 3. The van der Waals surface area contributed by atoms with E-state index in [1.54, 1.807) is 0 Å². The Hall–Kier alpha value is -0.470. The van der Waals surface area contributed by atoms with Crippen LogP contribution in [0.1, 0.15) is 38.2 Å². The second-order valence-electron chi connectivity index (χ2n) is 4.74. The van der Waals surface area contributed by atoms with E-state index in [1.807, 2.05) is 11.8 Å². The third kappa shape index (κ3) is 2.80. The molecule has 1 aromatic carbocycles. The van der Waals surface area contributed by atoms with E-state index in [9.17, 15) is 0 Å². The second kappa shape index (κ2) is 5.24. The van der Waals surface area contributed by atoms with Gasteiger partial charge in [-0.05, 0) is 25.3 Å². The summed E-state index contributed by atoms with van der Waals surface area (Å²) in [5.41, 5.74) is 7.57. The smallest absolute Gasteiger partial charge is 0.0496 e. The van der Waals surface area contributed by atoms with Gasteiger partial charge in [0.25, 0.3) is 0 Å². The molecule has 0 bridgehead atoms. The minimum Gasteiger partial charge on any atom is -0.322 e. The lowest BCUT2D eigenvalue weighted by molar-refractivity contribution is 0.450. The van der Waals surface area contributed by atoms with E-state index in [-0.39, 0.29) is 4.75 Å². The fourth-order valence-electron chi connectivity index (χ4n) is 2.18. The van der Waals surface area contributed by atoms with Crippen molar-refractivity contribution in [2.45, 2.75) is 43.1 Å². The molecule has 0 aromatic heterocycles. The van der Waals surface area contributed by atoms with Crippen LogP contribution in [0.2, 0.25) is 0 Å². The van der Waals surface area contributed by atoms with E-state index in [2.05, 4.69) is 37.3 Å². The van der Waals surface area contributed by atoms with Crippen molar-refractivity contribution in [3.63, 3.8) is 0 Å². The average Bonchev–Trinajstić information content (AvgIpc) is 2.32. The van der Waals surface area contributed by atoms with Gasteiger partial charge in [-0.2, -0.15) is 0 Å². The van der Waals surface area contributed by atoms with Crippen LogP contribution in [0, 0.1) is 6.04 Å². The Bertz CT molecular complexity index is 325. The van der Waals surface area contributed by atoms with E-state index < -0.39 is 0 Å². The van der Waals surface area contributed by atoms with Gasteiger partial charge in [0.15, 0.2) is 0 Å². The molecule has 1 atom stereocenters. The zero-order valence-electron chi connectivity index (χ0n) is 9.91. The Balaban J connectivity index is 1.93. The summed E-state index contributed by atoms with van der Waals surface area (Å²) < 4.78 is 0.202. The monoisotopic (exact) mass is 234 g/mol. The zero-order valence-corrected chi connectivity index (χ0v) is 10.7. The van der Waals surface area contributed by atoms with Crippen LogP contribution in [0.15, 0.2) is 30.3 Å². The summed E-state index contributed by atoms with van der Waals surface area (Å²) in [5.74, 6) is 1.07. The number of thioether (sulfide) groups is 1. The largest absolute Gasteiger partial charge is 0.322 e.